The maximum Gasteiger partial charge on any atom is 0.125 e. The van der Waals surface area contributed by atoms with Gasteiger partial charge >= 0.3 is 0 Å². The molecular formula is C17H19ClO3. The number of aliphatic hydroxyl groups excluding tert-OH is 1. The van der Waals surface area contributed by atoms with Gasteiger partial charge in [-0.3, -0.25) is 0 Å². The molecule has 4 heteroatoms. The molecule has 0 aliphatic heterocycles. The number of benzene rings is 2. The molecule has 0 amide bonds. The number of hydrogen-bond acceptors (Lipinski definition) is 3. The SMILES string of the molecule is COCCOc1ccccc1C(O)c1cccc(Cl)c1C. The van der Waals surface area contributed by atoms with Gasteiger partial charge in [-0.2, -0.15) is 0 Å². The van der Waals surface area contributed by atoms with Gasteiger partial charge in [0.2, 0.25) is 0 Å². The van der Waals surface area contributed by atoms with Gasteiger partial charge in [-0.25, -0.2) is 0 Å². The van der Waals surface area contributed by atoms with Gasteiger partial charge in [0.25, 0.3) is 0 Å². The van der Waals surface area contributed by atoms with E-state index in [1.54, 1.807) is 7.11 Å². The van der Waals surface area contributed by atoms with Crippen LogP contribution in [0.4, 0.5) is 0 Å². The minimum atomic E-state index is -0.776. The van der Waals surface area contributed by atoms with Crippen molar-refractivity contribution in [2.75, 3.05) is 20.3 Å². The van der Waals surface area contributed by atoms with Crippen LogP contribution in [0.5, 0.6) is 5.75 Å². The lowest BCUT2D eigenvalue weighted by Gasteiger charge is -2.18. The fourth-order valence-corrected chi connectivity index (χ4v) is 2.34. The summed E-state index contributed by atoms with van der Waals surface area (Å²) in [6.07, 6.45) is -0.776. The number of hydrogen-bond donors (Lipinski definition) is 1. The Morgan fingerprint density at radius 2 is 1.76 bits per heavy atom. The topological polar surface area (TPSA) is 38.7 Å². The van der Waals surface area contributed by atoms with Crippen LogP contribution in [-0.4, -0.2) is 25.4 Å². The Hall–Kier alpha value is -1.55. The van der Waals surface area contributed by atoms with E-state index in [0.29, 0.717) is 24.0 Å². The number of rotatable bonds is 6. The van der Waals surface area contributed by atoms with Gasteiger partial charge in [0.1, 0.15) is 18.5 Å². The smallest absolute Gasteiger partial charge is 0.125 e. The number of ether oxygens (including phenoxy) is 2. The van der Waals surface area contributed by atoms with Gasteiger partial charge in [-0.05, 0) is 30.2 Å². The Morgan fingerprint density at radius 1 is 1.05 bits per heavy atom. The van der Waals surface area contributed by atoms with E-state index < -0.39 is 6.10 Å². The zero-order valence-corrected chi connectivity index (χ0v) is 12.9. The third-order valence-electron chi connectivity index (χ3n) is 3.36. The highest BCUT2D eigenvalue weighted by molar-refractivity contribution is 6.31. The van der Waals surface area contributed by atoms with Crippen LogP contribution in [0.2, 0.25) is 5.02 Å². The van der Waals surface area contributed by atoms with Crippen LogP contribution in [0.15, 0.2) is 42.5 Å². The van der Waals surface area contributed by atoms with E-state index in [4.69, 9.17) is 21.1 Å². The van der Waals surface area contributed by atoms with E-state index in [9.17, 15) is 5.11 Å². The summed E-state index contributed by atoms with van der Waals surface area (Å²) in [4.78, 5) is 0. The zero-order valence-electron chi connectivity index (χ0n) is 12.2. The summed E-state index contributed by atoms with van der Waals surface area (Å²) < 4.78 is 10.7. The van der Waals surface area contributed by atoms with Gasteiger partial charge < -0.3 is 14.6 Å². The summed E-state index contributed by atoms with van der Waals surface area (Å²) in [7, 11) is 1.62. The van der Waals surface area contributed by atoms with Crippen molar-refractivity contribution in [3.8, 4) is 5.75 Å². The predicted octanol–water partition coefficient (Wildman–Crippen LogP) is 3.76. The van der Waals surface area contributed by atoms with E-state index in [-0.39, 0.29) is 0 Å². The summed E-state index contributed by atoms with van der Waals surface area (Å²) in [6.45, 7) is 2.84. The first-order valence-electron chi connectivity index (χ1n) is 6.79. The molecule has 2 aromatic carbocycles. The number of para-hydroxylation sites is 1. The molecule has 1 N–H and O–H groups in total. The van der Waals surface area contributed by atoms with Crippen molar-refractivity contribution in [2.45, 2.75) is 13.0 Å². The Bertz CT molecular complexity index is 598. The van der Waals surface area contributed by atoms with Crippen molar-refractivity contribution < 1.29 is 14.6 Å². The van der Waals surface area contributed by atoms with Crippen molar-refractivity contribution in [1.29, 1.82) is 0 Å². The maximum atomic E-state index is 10.7. The van der Waals surface area contributed by atoms with E-state index >= 15 is 0 Å². The normalized spacial score (nSPS) is 12.2. The summed E-state index contributed by atoms with van der Waals surface area (Å²) >= 11 is 6.13. The molecule has 2 rings (SSSR count). The molecule has 0 aliphatic carbocycles. The van der Waals surface area contributed by atoms with Crippen molar-refractivity contribution in [2.24, 2.45) is 0 Å². The van der Waals surface area contributed by atoms with Gasteiger partial charge in [0, 0.05) is 17.7 Å². The summed E-state index contributed by atoms with van der Waals surface area (Å²) in [5.74, 6) is 0.654. The van der Waals surface area contributed by atoms with Crippen LogP contribution >= 0.6 is 11.6 Å². The van der Waals surface area contributed by atoms with Crippen LogP contribution in [0, 0.1) is 6.92 Å². The molecular weight excluding hydrogens is 288 g/mol. The number of aliphatic hydroxyl groups is 1. The average Bonchev–Trinajstić information content (AvgIpc) is 2.50. The Balaban J connectivity index is 2.30. The molecule has 0 bridgehead atoms. The lowest BCUT2D eigenvalue weighted by Crippen LogP contribution is -2.09. The Labute approximate surface area is 130 Å². The molecule has 2 aromatic rings. The van der Waals surface area contributed by atoms with Crippen LogP contribution in [0.3, 0.4) is 0 Å². The molecule has 0 saturated heterocycles. The molecule has 0 heterocycles. The Morgan fingerprint density at radius 3 is 2.52 bits per heavy atom. The minimum Gasteiger partial charge on any atom is -0.491 e. The van der Waals surface area contributed by atoms with Gasteiger partial charge in [0.15, 0.2) is 0 Å². The van der Waals surface area contributed by atoms with Crippen LogP contribution in [-0.2, 0) is 4.74 Å². The summed E-state index contributed by atoms with van der Waals surface area (Å²) in [5.41, 5.74) is 2.38. The second-order valence-electron chi connectivity index (χ2n) is 4.74. The van der Waals surface area contributed by atoms with Crippen molar-refractivity contribution in [1.82, 2.24) is 0 Å². The van der Waals surface area contributed by atoms with E-state index in [2.05, 4.69) is 0 Å². The highest BCUT2D eigenvalue weighted by Gasteiger charge is 2.18. The third-order valence-corrected chi connectivity index (χ3v) is 3.77. The molecule has 0 saturated carbocycles. The average molecular weight is 307 g/mol. The van der Waals surface area contributed by atoms with E-state index in [1.807, 2.05) is 49.4 Å². The van der Waals surface area contributed by atoms with Gasteiger partial charge in [0.05, 0.1) is 6.61 Å². The maximum absolute atomic E-state index is 10.7. The third kappa shape index (κ3) is 3.76. The van der Waals surface area contributed by atoms with Crippen molar-refractivity contribution in [3.63, 3.8) is 0 Å². The second-order valence-corrected chi connectivity index (χ2v) is 5.14. The molecule has 0 radical (unpaired) electrons. The quantitative estimate of drug-likeness (QED) is 0.826. The first kappa shape index (κ1) is 15.8. The molecule has 3 nitrogen and oxygen atoms in total. The predicted molar refractivity (Wildman–Crippen MR) is 84.1 cm³/mol. The second kappa shape index (κ2) is 7.46. The molecule has 0 aliphatic rings. The molecule has 112 valence electrons. The largest absolute Gasteiger partial charge is 0.491 e. The molecule has 0 spiro atoms. The molecule has 0 fully saturated rings. The van der Waals surface area contributed by atoms with E-state index in [1.165, 1.54) is 0 Å². The number of halogens is 1. The molecule has 1 unspecified atom stereocenters. The fourth-order valence-electron chi connectivity index (χ4n) is 2.16. The van der Waals surface area contributed by atoms with Crippen molar-refractivity contribution in [3.05, 3.63) is 64.2 Å². The highest BCUT2D eigenvalue weighted by atomic mass is 35.5. The standard InChI is InChI=1S/C17H19ClO3/c1-12-13(7-5-8-15(12)18)17(19)14-6-3-4-9-16(14)21-11-10-20-2/h3-9,17,19H,10-11H2,1-2H3. The van der Waals surface area contributed by atoms with E-state index in [0.717, 1.165) is 16.7 Å². The molecule has 21 heavy (non-hydrogen) atoms. The molecule has 1 atom stereocenters. The summed E-state index contributed by atoms with van der Waals surface area (Å²) in [5, 5.41) is 11.3. The fraction of sp³-hybridized carbons (Fsp3) is 0.294. The first-order chi connectivity index (χ1) is 10.1. The van der Waals surface area contributed by atoms with Gasteiger partial charge in [-0.1, -0.05) is 41.9 Å². The lowest BCUT2D eigenvalue weighted by molar-refractivity contribution is 0.142. The Kier molecular flexibility index (Phi) is 5.62. The van der Waals surface area contributed by atoms with Crippen LogP contribution in [0.25, 0.3) is 0 Å². The first-order valence-corrected chi connectivity index (χ1v) is 7.16. The minimum absolute atomic E-state index is 0.439. The lowest BCUT2D eigenvalue weighted by atomic mass is 9.97. The summed E-state index contributed by atoms with van der Waals surface area (Å²) in [6, 6.07) is 13.0. The monoisotopic (exact) mass is 306 g/mol. The molecule has 0 aromatic heterocycles. The number of methoxy groups -OCH3 is 1. The highest BCUT2D eigenvalue weighted by Crippen LogP contribution is 2.33. The van der Waals surface area contributed by atoms with Crippen molar-refractivity contribution >= 4 is 11.6 Å². The van der Waals surface area contributed by atoms with Gasteiger partial charge in [-0.15, -0.1) is 0 Å². The van der Waals surface area contributed by atoms with Crippen LogP contribution in [0.1, 0.15) is 22.8 Å². The zero-order chi connectivity index (χ0) is 15.2. The van der Waals surface area contributed by atoms with Crippen LogP contribution < -0.4 is 4.74 Å².